The zero-order valence-electron chi connectivity index (χ0n) is 8.69. The van der Waals surface area contributed by atoms with E-state index in [2.05, 4.69) is 34.8 Å². The Balaban J connectivity index is 1.97. The van der Waals surface area contributed by atoms with Crippen LogP contribution in [0.5, 0.6) is 0 Å². The predicted octanol–water partition coefficient (Wildman–Crippen LogP) is 2.75. The first-order valence-corrected chi connectivity index (χ1v) is 7.15. The van der Waals surface area contributed by atoms with Gasteiger partial charge in [0.2, 0.25) is 0 Å². The maximum Gasteiger partial charge on any atom is 0.108 e. The Morgan fingerprint density at radius 2 is 2.27 bits per heavy atom. The number of aromatic nitrogens is 1. The number of benzene rings is 1. The first-order valence-electron chi connectivity index (χ1n) is 4.94. The molecule has 4 heteroatoms. The summed E-state index contributed by atoms with van der Waals surface area (Å²) >= 11 is 3.64. The summed E-state index contributed by atoms with van der Waals surface area (Å²) < 4.78 is 1.28. The van der Waals surface area contributed by atoms with Crippen LogP contribution in [0, 0.1) is 0 Å². The van der Waals surface area contributed by atoms with E-state index in [0.29, 0.717) is 0 Å². The van der Waals surface area contributed by atoms with Gasteiger partial charge in [0.05, 0.1) is 10.2 Å². The number of rotatable bonds is 5. The number of hydrogen-bond acceptors (Lipinski definition) is 4. The molecular formula is C11H14N2S2. The number of nitrogens with one attached hydrogen (secondary N) is 1. The first-order chi connectivity index (χ1) is 7.40. The molecule has 1 aromatic carbocycles. The average molecular weight is 238 g/mol. The molecule has 1 aromatic heterocycles. The maximum absolute atomic E-state index is 4.56. The van der Waals surface area contributed by atoms with Gasteiger partial charge >= 0.3 is 0 Å². The number of nitrogens with zero attached hydrogens (tertiary/aromatic N) is 1. The zero-order chi connectivity index (χ0) is 10.5. The van der Waals surface area contributed by atoms with Gasteiger partial charge in [0, 0.05) is 18.8 Å². The fourth-order valence-corrected chi connectivity index (χ4v) is 2.65. The Bertz CT molecular complexity index is 392. The fourth-order valence-electron chi connectivity index (χ4n) is 1.37. The Kier molecular flexibility index (Phi) is 4.00. The highest BCUT2D eigenvalue weighted by Gasteiger charge is 2.01. The quantitative estimate of drug-likeness (QED) is 0.811. The molecule has 0 radical (unpaired) electrons. The molecular weight excluding hydrogens is 224 g/mol. The lowest BCUT2D eigenvalue weighted by molar-refractivity contribution is 0.729. The average Bonchev–Trinajstić information content (AvgIpc) is 2.67. The Morgan fingerprint density at radius 1 is 1.40 bits per heavy atom. The Labute approximate surface area is 98.1 Å². The number of hydrogen-bond donors (Lipinski definition) is 1. The van der Waals surface area contributed by atoms with Crippen molar-refractivity contribution in [1.29, 1.82) is 0 Å². The van der Waals surface area contributed by atoms with Crippen molar-refractivity contribution in [3.8, 4) is 0 Å². The third kappa shape index (κ3) is 2.93. The molecule has 0 saturated heterocycles. The van der Waals surface area contributed by atoms with Gasteiger partial charge in [-0.15, -0.1) is 11.3 Å². The van der Waals surface area contributed by atoms with Crippen LogP contribution in [0.2, 0.25) is 0 Å². The first kappa shape index (κ1) is 10.9. The number of thiazole rings is 1. The van der Waals surface area contributed by atoms with Crippen LogP contribution in [-0.2, 0) is 6.54 Å². The van der Waals surface area contributed by atoms with Gasteiger partial charge in [-0.2, -0.15) is 11.8 Å². The lowest BCUT2D eigenvalue weighted by Crippen LogP contribution is -2.16. The van der Waals surface area contributed by atoms with E-state index in [0.717, 1.165) is 24.4 Å². The van der Waals surface area contributed by atoms with Gasteiger partial charge < -0.3 is 5.32 Å². The van der Waals surface area contributed by atoms with E-state index in [1.165, 1.54) is 9.71 Å². The molecule has 2 nitrogen and oxygen atoms in total. The molecule has 0 unspecified atom stereocenters. The molecule has 0 aliphatic heterocycles. The van der Waals surface area contributed by atoms with Gasteiger partial charge in [-0.3, -0.25) is 0 Å². The number of para-hydroxylation sites is 1. The summed E-state index contributed by atoms with van der Waals surface area (Å²) in [4.78, 5) is 4.56. The van der Waals surface area contributed by atoms with Crippen LogP contribution in [0.25, 0.3) is 10.2 Å². The van der Waals surface area contributed by atoms with Crippen LogP contribution in [0.3, 0.4) is 0 Å². The van der Waals surface area contributed by atoms with Gasteiger partial charge in [0.25, 0.3) is 0 Å². The summed E-state index contributed by atoms with van der Waals surface area (Å²) in [7, 11) is 0. The molecule has 2 aromatic rings. The SMILES string of the molecule is CSCCNCc1nc2ccccc2s1. The second-order valence-corrected chi connectivity index (χ2v) is 5.35. The monoisotopic (exact) mass is 238 g/mol. The van der Waals surface area contributed by atoms with Crippen molar-refractivity contribution in [2.24, 2.45) is 0 Å². The highest BCUT2D eigenvalue weighted by molar-refractivity contribution is 7.98. The van der Waals surface area contributed by atoms with Gasteiger partial charge in [0.1, 0.15) is 5.01 Å². The van der Waals surface area contributed by atoms with Crippen molar-refractivity contribution >= 4 is 33.3 Å². The van der Waals surface area contributed by atoms with Gasteiger partial charge in [-0.25, -0.2) is 4.98 Å². The third-order valence-corrected chi connectivity index (χ3v) is 3.75. The van der Waals surface area contributed by atoms with E-state index in [9.17, 15) is 0 Å². The molecule has 0 spiro atoms. The molecule has 15 heavy (non-hydrogen) atoms. The van der Waals surface area contributed by atoms with Crippen LogP contribution in [0.1, 0.15) is 5.01 Å². The van der Waals surface area contributed by atoms with Crippen molar-refractivity contribution in [1.82, 2.24) is 10.3 Å². The topological polar surface area (TPSA) is 24.9 Å². The van der Waals surface area contributed by atoms with Gasteiger partial charge in [-0.05, 0) is 18.4 Å². The molecule has 0 bridgehead atoms. The highest BCUT2D eigenvalue weighted by atomic mass is 32.2. The predicted molar refractivity (Wildman–Crippen MR) is 69.7 cm³/mol. The van der Waals surface area contributed by atoms with Crippen LogP contribution in [-0.4, -0.2) is 23.5 Å². The van der Waals surface area contributed by atoms with Crippen LogP contribution >= 0.6 is 23.1 Å². The third-order valence-electron chi connectivity index (χ3n) is 2.10. The molecule has 1 N–H and O–H groups in total. The molecule has 1 heterocycles. The zero-order valence-corrected chi connectivity index (χ0v) is 10.3. The molecule has 80 valence electrons. The van der Waals surface area contributed by atoms with E-state index in [-0.39, 0.29) is 0 Å². The van der Waals surface area contributed by atoms with Crippen molar-refractivity contribution in [3.05, 3.63) is 29.3 Å². The minimum absolute atomic E-state index is 0.889. The van der Waals surface area contributed by atoms with E-state index in [1.54, 1.807) is 11.3 Å². The van der Waals surface area contributed by atoms with Crippen molar-refractivity contribution in [2.75, 3.05) is 18.6 Å². The van der Waals surface area contributed by atoms with Crippen molar-refractivity contribution in [3.63, 3.8) is 0 Å². The Morgan fingerprint density at radius 3 is 3.07 bits per heavy atom. The molecule has 2 rings (SSSR count). The van der Waals surface area contributed by atoms with E-state index in [1.807, 2.05) is 17.8 Å². The molecule has 0 fully saturated rings. The summed E-state index contributed by atoms with van der Waals surface area (Å²) in [5, 5.41) is 4.57. The molecule has 0 atom stereocenters. The smallest absolute Gasteiger partial charge is 0.108 e. The standard InChI is InChI=1S/C11H14N2S2/c1-14-7-6-12-8-11-13-9-4-2-3-5-10(9)15-11/h2-5,12H,6-8H2,1H3. The molecule has 0 saturated carbocycles. The summed E-state index contributed by atoms with van der Waals surface area (Å²) in [6.45, 7) is 1.94. The van der Waals surface area contributed by atoms with Crippen LogP contribution in [0.15, 0.2) is 24.3 Å². The molecule has 0 amide bonds. The Hall–Kier alpha value is -0.580. The highest BCUT2D eigenvalue weighted by Crippen LogP contribution is 2.21. The lowest BCUT2D eigenvalue weighted by atomic mass is 10.3. The number of thioether (sulfide) groups is 1. The van der Waals surface area contributed by atoms with Crippen LogP contribution < -0.4 is 5.32 Å². The lowest BCUT2D eigenvalue weighted by Gasteiger charge is -1.98. The fraction of sp³-hybridized carbons (Fsp3) is 0.364. The summed E-state index contributed by atoms with van der Waals surface area (Å²) in [6.07, 6.45) is 2.12. The molecule has 0 aliphatic carbocycles. The van der Waals surface area contributed by atoms with Gasteiger partial charge in [-0.1, -0.05) is 12.1 Å². The van der Waals surface area contributed by atoms with Crippen molar-refractivity contribution < 1.29 is 0 Å². The second-order valence-electron chi connectivity index (χ2n) is 3.24. The number of fused-ring (bicyclic) bond motifs is 1. The summed E-state index contributed by atoms with van der Waals surface area (Å²) in [5.41, 5.74) is 1.11. The van der Waals surface area contributed by atoms with Crippen LogP contribution in [0.4, 0.5) is 0 Å². The van der Waals surface area contributed by atoms with Crippen molar-refractivity contribution in [2.45, 2.75) is 6.54 Å². The largest absolute Gasteiger partial charge is 0.310 e. The van der Waals surface area contributed by atoms with E-state index in [4.69, 9.17) is 0 Å². The molecule has 0 aliphatic rings. The second kappa shape index (κ2) is 5.49. The minimum atomic E-state index is 0.889. The van der Waals surface area contributed by atoms with Gasteiger partial charge in [0.15, 0.2) is 0 Å². The summed E-state index contributed by atoms with van der Waals surface area (Å²) in [5.74, 6) is 1.16. The minimum Gasteiger partial charge on any atom is -0.310 e. The van der Waals surface area contributed by atoms with E-state index >= 15 is 0 Å². The maximum atomic E-state index is 4.56. The van der Waals surface area contributed by atoms with E-state index < -0.39 is 0 Å². The normalized spacial score (nSPS) is 11.0. The summed E-state index contributed by atoms with van der Waals surface area (Å²) in [6, 6.07) is 8.29.